The third-order valence-electron chi connectivity index (χ3n) is 24.8. The molecule has 27 rings (SSSR count). The van der Waals surface area contributed by atoms with Crippen molar-refractivity contribution in [2.45, 2.75) is 7.43 Å². The molecule has 0 aliphatic carbocycles. The van der Waals surface area contributed by atoms with E-state index in [1.165, 1.54) is 138 Å². The third kappa shape index (κ3) is 16.4. The van der Waals surface area contributed by atoms with E-state index in [1.807, 2.05) is 94.3 Å². The molecule has 0 spiro atoms. The van der Waals surface area contributed by atoms with E-state index >= 15 is 0 Å². The van der Waals surface area contributed by atoms with E-state index < -0.39 is 0 Å². The quantitative estimate of drug-likeness (QED) is 0.0683. The SMILES string of the molecule is Brc1ccc(-c2cc3ccccc3c3ccccc23)cc1.Brc1ccc2sc3ccccc3c2c1.C.CI.Nc1cccc2c1oc1ccccc12.c1ccc2c(c1)cc(-c1ccc(N(c3ccc4sc5ccccc5c4c3)c3cccc4c3oc3ccccc34)cc1)c1ccccc12.c1ccc2c(c1)cc(-c1ccc(Nc3cccc4c3oc3ccccc34)cc1)c1ccccc12. The van der Waals surface area contributed by atoms with Crippen LogP contribution in [-0.2, 0) is 0 Å². The van der Waals surface area contributed by atoms with Gasteiger partial charge in [0.05, 0.1) is 17.1 Å². The first-order valence-electron chi connectivity index (χ1n) is 43.8. The molecule has 5 heterocycles. The average Bonchev–Trinajstić information content (AvgIpc) is 1.26. The Kier molecular flexibility index (Phi) is 23.9. The number of nitrogens with zero attached hydrogens (tertiary/aromatic N) is 1. The summed E-state index contributed by atoms with van der Waals surface area (Å²) in [5.41, 5.74) is 24.4. The monoisotopic (exact) mass is 1990 g/mol. The molecule has 3 N–H and O–H groups in total. The molecule has 0 saturated carbocycles. The molecule has 6 nitrogen and oxygen atoms in total. The van der Waals surface area contributed by atoms with E-state index in [9.17, 15) is 0 Å². The summed E-state index contributed by atoms with van der Waals surface area (Å²) in [5, 5.41) is 30.9. The van der Waals surface area contributed by atoms with Gasteiger partial charge in [-0.2, -0.15) is 0 Å². The van der Waals surface area contributed by atoms with E-state index in [4.69, 9.17) is 19.0 Å². The van der Waals surface area contributed by atoms with Gasteiger partial charge in [-0.25, -0.2) is 0 Å². The lowest BCUT2D eigenvalue weighted by Gasteiger charge is -2.26. The van der Waals surface area contributed by atoms with Gasteiger partial charge in [-0.3, -0.25) is 0 Å². The minimum Gasteiger partial charge on any atom is -0.454 e. The van der Waals surface area contributed by atoms with Gasteiger partial charge >= 0.3 is 0 Å². The summed E-state index contributed by atoms with van der Waals surface area (Å²) >= 11 is 12.9. The molecule has 0 saturated heterocycles. The number of furan rings is 3. The Bertz CT molecular complexity index is 9040. The second kappa shape index (κ2) is 37.3. The number of halogens is 3. The van der Waals surface area contributed by atoms with Gasteiger partial charge in [-0.15, -0.1) is 22.7 Å². The summed E-state index contributed by atoms with van der Waals surface area (Å²) < 4.78 is 26.0. The van der Waals surface area contributed by atoms with Crippen LogP contribution in [0.5, 0.6) is 0 Å². The van der Waals surface area contributed by atoms with Gasteiger partial charge in [0.2, 0.25) is 0 Å². The minimum atomic E-state index is 0. The number of nitrogens with two attached hydrogens (primary N) is 1. The smallest absolute Gasteiger partial charge is 0.159 e. The van der Waals surface area contributed by atoms with Crippen molar-refractivity contribution in [2.24, 2.45) is 0 Å². The maximum Gasteiger partial charge on any atom is 0.159 e. The zero-order valence-corrected chi connectivity index (χ0v) is 78.4. The summed E-state index contributed by atoms with van der Waals surface area (Å²) in [6.45, 7) is 0. The second-order valence-electron chi connectivity index (χ2n) is 32.5. The van der Waals surface area contributed by atoms with Gasteiger partial charge < -0.3 is 29.2 Å². The van der Waals surface area contributed by atoms with Crippen LogP contribution >= 0.6 is 77.1 Å². The van der Waals surface area contributed by atoms with Crippen LogP contribution in [0.15, 0.2) is 471 Å². The minimum absolute atomic E-state index is 0. The Balaban J connectivity index is 0.000000108. The highest BCUT2D eigenvalue weighted by Crippen LogP contribution is 2.48. The van der Waals surface area contributed by atoms with Gasteiger partial charge in [0, 0.05) is 98.7 Å². The Morgan fingerprint density at radius 2 is 0.586 bits per heavy atom. The van der Waals surface area contributed by atoms with Crippen molar-refractivity contribution in [3.05, 3.63) is 458 Å². The fourth-order valence-electron chi connectivity index (χ4n) is 18.7. The summed E-state index contributed by atoms with van der Waals surface area (Å²) in [6.07, 6.45) is 0. The second-order valence-corrected chi connectivity index (χ2v) is 36.5. The Morgan fingerprint density at radius 3 is 1.08 bits per heavy atom. The first-order valence-corrected chi connectivity index (χ1v) is 49.1. The molecule has 11 heteroatoms. The number of hydrogen-bond donors (Lipinski definition) is 2. The number of anilines is 6. The maximum absolute atomic E-state index is 6.59. The summed E-state index contributed by atoms with van der Waals surface area (Å²) in [4.78, 5) is 4.32. The van der Waals surface area contributed by atoms with Crippen molar-refractivity contribution in [1.82, 2.24) is 0 Å². The molecule has 0 aliphatic rings. The van der Waals surface area contributed by atoms with Crippen LogP contribution in [0.2, 0.25) is 0 Å². The fraction of sp³-hybridized carbons (Fsp3) is 0.0164. The highest BCUT2D eigenvalue weighted by atomic mass is 127. The van der Waals surface area contributed by atoms with Crippen LogP contribution in [0.3, 0.4) is 0 Å². The Morgan fingerprint density at radius 1 is 0.256 bits per heavy atom. The molecule has 0 radical (unpaired) electrons. The van der Waals surface area contributed by atoms with E-state index in [1.54, 1.807) is 0 Å². The number of para-hydroxylation sites is 6. The van der Waals surface area contributed by atoms with Crippen LogP contribution < -0.4 is 16.0 Å². The fourth-order valence-corrected chi connectivity index (χ4v) is 21.5. The molecule has 0 fully saturated rings. The van der Waals surface area contributed by atoms with Crippen molar-refractivity contribution in [3.63, 3.8) is 0 Å². The number of alkyl halides is 1. The summed E-state index contributed by atoms with van der Waals surface area (Å²) in [6, 6.07) is 158. The highest BCUT2D eigenvalue weighted by molar-refractivity contribution is 14.1. The largest absolute Gasteiger partial charge is 0.454 e. The number of benzene rings is 22. The topological polar surface area (TPSA) is 80.7 Å². The molecular weight excluding hydrogens is 1910 g/mol. The predicted molar refractivity (Wildman–Crippen MR) is 592 cm³/mol. The van der Waals surface area contributed by atoms with Crippen LogP contribution in [0, 0.1) is 0 Å². The van der Waals surface area contributed by atoms with E-state index in [2.05, 4.69) is 447 Å². The van der Waals surface area contributed by atoms with E-state index in [0.717, 1.165) is 103 Å². The first kappa shape index (κ1) is 85.1. The zero-order valence-electron chi connectivity index (χ0n) is 71.4. The molecule has 0 aliphatic heterocycles. The molecule has 133 heavy (non-hydrogen) atoms. The van der Waals surface area contributed by atoms with Gasteiger partial charge in [0.15, 0.2) is 16.7 Å². The van der Waals surface area contributed by atoms with E-state index in [-0.39, 0.29) is 7.43 Å². The lowest BCUT2D eigenvalue weighted by Crippen LogP contribution is -2.10. The first-order chi connectivity index (χ1) is 65.2. The molecule has 638 valence electrons. The molecule has 22 aromatic carbocycles. The normalized spacial score (nSPS) is 11.3. The lowest BCUT2D eigenvalue weighted by atomic mass is 9.93. The van der Waals surface area contributed by atoms with Crippen LogP contribution in [0.25, 0.3) is 204 Å². The summed E-state index contributed by atoms with van der Waals surface area (Å²) in [7, 11) is 0. The van der Waals surface area contributed by atoms with Gasteiger partial charge in [0.1, 0.15) is 16.7 Å². The van der Waals surface area contributed by atoms with E-state index in [0.29, 0.717) is 5.69 Å². The third-order valence-corrected chi connectivity index (χ3v) is 28.1. The highest BCUT2D eigenvalue weighted by Gasteiger charge is 2.23. The number of hydrogen-bond acceptors (Lipinski definition) is 8. The number of nitrogens with one attached hydrogen (secondary N) is 1. The van der Waals surface area contributed by atoms with Crippen molar-refractivity contribution < 1.29 is 13.3 Å². The number of rotatable bonds is 8. The Hall–Kier alpha value is -14.7. The molecular formula is C122H84Br2IN3O3S2. The van der Waals surface area contributed by atoms with Crippen molar-refractivity contribution >= 4 is 282 Å². The van der Waals surface area contributed by atoms with Gasteiger partial charge in [-0.05, 0) is 242 Å². The van der Waals surface area contributed by atoms with Crippen molar-refractivity contribution in [1.29, 1.82) is 0 Å². The molecule has 27 aromatic rings. The van der Waals surface area contributed by atoms with Crippen LogP contribution in [0.1, 0.15) is 7.43 Å². The Labute approximate surface area is 807 Å². The van der Waals surface area contributed by atoms with Gasteiger partial charge in [0.25, 0.3) is 0 Å². The van der Waals surface area contributed by atoms with Gasteiger partial charge in [-0.1, -0.05) is 371 Å². The zero-order chi connectivity index (χ0) is 88.7. The lowest BCUT2D eigenvalue weighted by molar-refractivity contribution is 0.669. The number of thiophene rings is 2. The van der Waals surface area contributed by atoms with Crippen LogP contribution in [0.4, 0.5) is 34.1 Å². The van der Waals surface area contributed by atoms with Crippen molar-refractivity contribution in [3.8, 4) is 33.4 Å². The molecule has 5 aromatic heterocycles. The average molecular weight is 1990 g/mol. The van der Waals surface area contributed by atoms with Crippen molar-refractivity contribution in [2.75, 3.05) is 20.9 Å². The molecule has 0 amide bonds. The molecule has 0 unspecified atom stereocenters. The molecule has 0 atom stereocenters. The number of nitrogen functional groups attached to an aromatic ring is 1. The maximum atomic E-state index is 6.59. The summed E-state index contributed by atoms with van der Waals surface area (Å²) in [5.74, 6) is 0. The van der Waals surface area contributed by atoms with Crippen LogP contribution in [-0.4, -0.2) is 4.93 Å². The number of fused-ring (bicyclic) bond motifs is 24. The molecule has 0 bridgehead atoms. The standard InChI is InChI=1S/C44H27NOS.C32H21NO.C20H13Br.C12H7BrS.C12H9NO.CH3I.CH4/c1-2-11-32-29(10-1)26-38(34-13-4-3-12-33(32)34)28-20-22-30(23-21-28)45(31-24-25-43-39(27-31)36-15-6-8-19-42(36)47-43)40-17-9-16-37-35-14-5-7-18-41(35)46-44(37)40;1-2-9-24-22(8-1)20-29(26-11-4-3-10-25(24)26)21-16-18-23(19-17-21)33-30-14-7-13-28-27-12-5-6-15-31(27)34-32(28)30;21-16-11-9-14(10-12-16)20-13-15-5-1-2-6-17(15)18-7-3-4-8-19(18)20;13-8-5-6-12-10(7-8)9-3-1-2-4-11(9)14-12;13-10-6-3-5-9-8-4-1-2-7-11(8)14-12(9)10;1-2;/h1-27H;1-20,33H;1-13H;1-7H;1-7H,13H2;1H3;1H4. The predicted octanol–water partition coefficient (Wildman–Crippen LogP) is 38.8.